The normalized spacial score (nSPS) is 17.1. The highest BCUT2D eigenvalue weighted by molar-refractivity contribution is 7.89. The van der Waals surface area contributed by atoms with Crippen LogP contribution in [0.1, 0.15) is 18.4 Å². The topological polar surface area (TPSA) is 79.6 Å². The van der Waals surface area contributed by atoms with E-state index in [1.54, 1.807) is 12.1 Å². The van der Waals surface area contributed by atoms with Crippen molar-refractivity contribution in [1.29, 1.82) is 5.26 Å². The first-order chi connectivity index (χ1) is 13.0. The van der Waals surface area contributed by atoms with Gasteiger partial charge in [-0.3, -0.25) is 0 Å². The first-order valence-electron chi connectivity index (χ1n) is 8.66. The van der Waals surface area contributed by atoms with Crippen LogP contribution < -0.4 is 9.47 Å². The van der Waals surface area contributed by atoms with Gasteiger partial charge in [0.2, 0.25) is 10.0 Å². The van der Waals surface area contributed by atoms with Crippen molar-refractivity contribution >= 4 is 10.0 Å². The molecule has 1 aliphatic rings. The summed E-state index contributed by atoms with van der Waals surface area (Å²) in [5, 5.41) is 9.80. The maximum absolute atomic E-state index is 13.2. The lowest BCUT2D eigenvalue weighted by molar-refractivity contribution is 0.276. The second-order valence-corrected chi connectivity index (χ2v) is 8.39. The van der Waals surface area contributed by atoms with Crippen molar-refractivity contribution in [1.82, 2.24) is 4.31 Å². The summed E-state index contributed by atoms with van der Waals surface area (Å²) >= 11 is 0. The third-order valence-electron chi connectivity index (χ3n) is 5.10. The van der Waals surface area contributed by atoms with Crippen molar-refractivity contribution in [3.05, 3.63) is 54.1 Å². The van der Waals surface area contributed by atoms with Crippen LogP contribution in [0.3, 0.4) is 0 Å². The highest BCUT2D eigenvalue weighted by Crippen LogP contribution is 2.38. The number of rotatable bonds is 5. The van der Waals surface area contributed by atoms with Crippen LogP contribution in [0, 0.1) is 11.3 Å². The maximum Gasteiger partial charge on any atom is 0.246 e. The number of sulfonamides is 1. The second-order valence-electron chi connectivity index (χ2n) is 6.48. The quantitative estimate of drug-likeness (QED) is 0.789. The number of nitriles is 1. The predicted octanol–water partition coefficient (Wildman–Crippen LogP) is 2.95. The lowest BCUT2D eigenvalue weighted by Gasteiger charge is -2.37. The highest BCUT2D eigenvalue weighted by atomic mass is 32.2. The number of nitrogens with zero attached hydrogens (tertiary/aromatic N) is 2. The molecule has 0 unspecified atom stereocenters. The molecule has 2 aromatic rings. The summed E-state index contributed by atoms with van der Waals surface area (Å²) in [4.78, 5) is 0.0773. The molecular formula is C20H22N2O4S. The van der Waals surface area contributed by atoms with Gasteiger partial charge in [-0.05, 0) is 30.5 Å². The van der Waals surface area contributed by atoms with Crippen molar-refractivity contribution in [2.45, 2.75) is 23.2 Å². The number of hydrogen-bond donors (Lipinski definition) is 0. The van der Waals surface area contributed by atoms with Gasteiger partial charge >= 0.3 is 0 Å². The summed E-state index contributed by atoms with van der Waals surface area (Å²) in [7, 11) is -0.835. The molecular weight excluding hydrogens is 364 g/mol. The van der Waals surface area contributed by atoms with E-state index in [0.717, 1.165) is 5.56 Å². The number of ether oxygens (including phenoxy) is 2. The molecule has 0 saturated carbocycles. The summed E-state index contributed by atoms with van der Waals surface area (Å²) in [6.45, 7) is 0.538. The Morgan fingerprint density at radius 1 is 1.04 bits per heavy atom. The average molecular weight is 386 g/mol. The summed E-state index contributed by atoms with van der Waals surface area (Å²) < 4.78 is 38.2. The van der Waals surface area contributed by atoms with E-state index < -0.39 is 15.4 Å². The Labute approximate surface area is 160 Å². The van der Waals surface area contributed by atoms with Gasteiger partial charge in [-0.2, -0.15) is 9.57 Å². The summed E-state index contributed by atoms with van der Waals surface area (Å²) in [6, 6.07) is 16.7. The Bertz CT molecular complexity index is 944. The van der Waals surface area contributed by atoms with Crippen molar-refractivity contribution in [2.24, 2.45) is 0 Å². The van der Waals surface area contributed by atoms with Crippen LogP contribution in [-0.2, 0) is 15.4 Å². The second kappa shape index (κ2) is 7.59. The monoisotopic (exact) mass is 386 g/mol. The summed E-state index contributed by atoms with van der Waals surface area (Å²) in [6.07, 6.45) is 0.887. The van der Waals surface area contributed by atoms with E-state index in [9.17, 15) is 13.7 Å². The molecule has 0 amide bonds. The molecule has 0 atom stereocenters. The molecule has 0 radical (unpaired) electrons. The zero-order chi connectivity index (χ0) is 19.5. The molecule has 2 aromatic carbocycles. The van der Waals surface area contributed by atoms with Crippen LogP contribution in [-0.4, -0.2) is 40.0 Å². The number of piperidine rings is 1. The van der Waals surface area contributed by atoms with Crippen LogP contribution >= 0.6 is 0 Å². The predicted molar refractivity (Wildman–Crippen MR) is 101 cm³/mol. The van der Waals surface area contributed by atoms with Gasteiger partial charge in [0, 0.05) is 19.2 Å². The molecule has 0 aromatic heterocycles. The summed E-state index contributed by atoms with van der Waals surface area (Å²) in [5.41, 5.74) is 0.273. The van der Waals surface area contributed by atoms with Gasteiger partial charge in [0.25, 0.3) is 0 Å². The number of hydrogen-bond acceptors (Lipinski definition) is 5. The van der Waals surface area contributed by atoms with Gasteiger partial charge in [0.1, 0.15) is 16.4 Å². The van der Waals surface area contributed by atoms with E-state index in [4.69, 9.17) is 9.47 Å². The molecule has 1 heterocycles. The number of methoxy groups -OCH3 is 2. The summed E-state index contributed by atoms with van der Waals surface area (Å²) in [5.74, 6) is 0.720. The van der Waals surface area contributed by atoms with Gasteiger partial charge in [-0.1, -0.05) is 30.3 Å². The third-order valence-corrected chi connectivity index (χ3v) is 7.02. The minimum atomic E-state index is -3.76. The molecule has 7 heteroatoms. The zero-order valence-electron chi connectivity index (χ0n) is 15.4. The van der Waals surface area contributed by atoms with E-state index in [-0.39, 0.29) is 23.7 Å². The molecule has 142 valence electrons. The minimum absolute atomic E-state index is 0.0773. The van der Waals surface area contributed by atoms with Crippen LogP contribution in [0.25, 0.3) is 0 Å². The Balaban J connectivity index is 1.88. The van der Waals surface area contributed by atoms with Gasteiger partial charge < -0.3 is 9.47 Å². The molecule has 0 spiro atoms. The Morgan fingerprint density at radius 2 is 1.70 bits per heavy atom. The molecule has 6 nitrogen and oxygen atoms in total. The highest BCUT2D eigenvalue weighted by Gasteiger charge is 2.40. The molecule has 0 N–H and O–H groups in total. The Morgan fingerprint density at radius 3 is 2.26 bits per heavy atom. The van der Waals surface area contributed by atoms with Crippen molar-refractivity contribution in [3.8, 4) is 17.6 Å². The SMILES string of the molecule is COc1ccc(OC)c(S(=O)(=O)N2CCC(C#N)(c3ccccc3)CC2)c1. The first-order valence-corrected chi connectivity index (χ1v) is 10.1. The standard InChI is InChI=1S/C20H22N2O4S/c1-25-17-8-9-18(26-2)19(14-17)27(23,24)22-12-10-20(15-21,11-13-22)16-6-4-3-5-7-16/h3-9,14H,10-13H2,1-2H3. The molecule has 1 fully saturated rings. The third kappa shape index (κ3) is 3.51. The van der Waals surface area contributed by atoms with E-state index >= 15 is 0 Å². The fraction of sp³-hybridized carbons (Fsp3) is 0.350. The van der Waals surface area contributed by atoms with Gasteiger partial charge in [0.15, 0.2) is 0 Å². The number of benzene rings is 2. The van der Waals surface area contributed by atoms with E-state index in [1.165, 1.54) is 24.6 Å². The van der Waals surface area contributed by atoms with Crippen molar-refractivity contribution < 1.29 is 17.9 Å². The first kappa shape index (κ1) is 19.2. The smallest absolute Gasteiger partial charge is 0.246 e. The van der Waals surface area contributed by atoms with E-state index in [2.05, 4.69) is 6.07 Å². The van der Waals surface area contributed by atoms with Crippen molar-refractivity contribution in [3.63, 3.8) is 0 Å². The molecule has 1 saturated heterocycles. The maximum atomic E-state index is 13.2. The molecule has 0 bridgehead atoms. The van der Waals surface area contributed by atoms with Crippen LogP contribution in [0.4, 0.5) is 0 Å². The Kier molecular flexibility index (Phi) is 5.40. The van der Waals surface area contributed by atoms with Crippen LogP contribution in [0.15, 0.2) is 53.4 Å². The van der Waals surface area contributed by atoms with Crippen molar-refractivity contribution in [2.75, 3.05) is 27.3 Å². The lowest BCUT2D eigenvalue weighted by atomic mass is 9.74. The molecule has 3 rings (SSSR count). The zero-order valence-corrected chi connectivity index (χ0v) is 16.2. The largest absolute Gasteiger partial charge is 0.497 e. The molecule has 1 aliphatic heterocycles. The van der Waals surface area contributed by atoms with Crippen LogP contribution in [0.5, 0.6) is 11.5 Å². The fourth-order valence-corrected chi connectivity index (χ4v) is 5.07. The lowest BCUT2D eigenvalue weighted by Crippen LogP contribution is -2.44. The van der Waals surface area contributed by atoms with Gasteiger partial charge in [-0.15, -0.1) is 0 Å². The fourth-order valence-electron chi connectivity index (χ4n) is 3.46. The molecule has 0 aliphatic carbocycles. The van der Waals surface area contributed by atoms with Gasteiger partial charge in [-0.25, -0.2) is 8.42 Å². The van der Waals surface area contributed by atoms with Gasteiger partial charge in [0.05, 0.1) is 25.7 Å². The molecule has 27 heavy (non-hydrogen) atoms. The minimum Gasteiger partial charge on any atom is -0.497 e. The van der Waals surface area contributed by atoms with Crippen LogP contribution in [0.2, 0.25) is 0 Å². The average Bonchev–Trinajstić information content (AvgIpc) is 2.73. The van der Waals surface area contributed by atoms with E-state index in [1.807, 2.05) is 30.3 Å². The Hall–Kier alpha value is -2.56. The van der Waals surface area contributed by atoms with E-state index in [0.29, 0.717) is 18.6 Å².